The smallest absolute Gasteiger partial charge is 0.321 e. The first-order valence-corrected chi connectivity index (χ1v) is 6.97. The number of carboxylic acids is 1. The molecular weight excluding hydrogens is 383 g/mol. The maximum atomic E-state index is 11.9. The van der Waals surface area contributed by atoms with E-state index in [2.05, 4.69) is 27.9 Å². The van der Waals surface area contributed by atoms with Gasteiger partial charge in [-0.3, -0.25) is 4.79 Å². The monoisotopic (exact) mass is 396 g/mol. The van der Waals surface area contributed by atoms with Gasteiger partial charge in [-0.05, 0) is 40.8 Å². The zero-order valence-electron chi connectivity index (χ0n) is 10.5. The number of nitrogens with one attached hydrogen (secondary N) is 1. The van der Waals surface area contributed by atoms with Crippen molar-refractivity contribution in [3.8, 4) is 0 Å². The highest BCUT2D eigenvalue weighted by atomic mass is 127. The topological polar surface area (TPSA) is 69.6 Å². The van der Waals surface area contributed by atoms with Crippen LogP contribution in [0.2, 0.25) is 5.02 Å². The number of benzene rings is 1. The molecule has 0 spiro atoms. The summed E-state index contributed by atoms with van der Waals surface area (Å²) in [4.78, 5) is 24.0. The van der Waals surface area contributed by atoms with Crippen molar-refractivity contribution in [2.24, 2.45) is 5.92 Å². The van der Waals surface area contributed by atoms with Gasteiger partial charge < -0.3 is 15.3 Å². The number of rotatable bonds is 4. The normalized spacial score (nSPS) is 11.8. The lowest BCUT2D eigenvalue weighted by molar-refractivity contribution is -0.141. The number of carboxylic acid groups (broad SMARTS) is 1. The summed E-state index contributed by atoms with van der Waals surface area (Å²) in [5.41, 5.74) is 0.643. The van der Waals surface area contributed by atoms with E-state index in [0.717, 1.165) is 3.57 Å². The Morgan fingerprint density at radius 3 is 2.68 bits per heavy atom. The molecule has 1 aromatic rings. The zero-order chi connectivity index (χ0) is 14.6. The molecule has 1 rings (SSSR count). The minimum Gasteiger partial charge on any atom is -0.481 e. The second-order valence-corrected chi connectivity index (χ2v) is 5.77. The second-order valence-electron chi connectivity index (χ2n) is 4.17. The number of hydrogen-bond acceptors (Lipinski definition) is 2. The number of urea groups is 1. The number of anilines is 1. The quantitative estimate of drug-likeness (QED) is 0.768. The molecule has 0 aliphatic carbocycles. The molecule has 0 aliphatic heterocycles. The average Bonchev–Trinajstić information content (AvgIpc) is 2.32. The van der Waals surface area contributed by atoms with Crippen LogP contribution in [0.15, 0.2) is 18.2 Å². The van der Waals surface area contributed by atoms with Crippen molar-refractivity contribution in [3.05, 3.63) is 26.8 Å². The fraction of sp³-hybridized carbons (Fsp3) is 0.333. The van der Waals surface area contributed by atoms with Gasteiger partial charge >= 0.3 is 12.0 Å². The molecule has 0 saturated carbocycles. The Bertz CT molecular complexity index is 496. The minimum absolute atomic E-state index is 0.144. The van der Waals surface area contributed by atoms with Crippen LogP contribution < -0.4 is 5.32 Å². The molecule has 0 bridgehead atoms. The Labute approximate surface area is 130 Å². The van der Waals surface area contributed by atoms with Crippen LogP contribution in [0.4, 0.5) is 10.5 Å². The highest BCUT2D eigenvalue weighted by Gasteiger charge is 2.17. The molecule has 2 N–H and O–H groups in total. The summed E-state index contributed by atoms with van der Waals surface area (Å²) in [7, 11) is 1.55. The van der Waals surface area contributed by atoms with E-state index in [4.69, 9.17) is 16.7 Å². The van der Waals surface area contributed by atoms with E-state index in [1.807, 2.05) is 0 Å². The Hall–Kier alpha value is -1.02. The van der Waals surface area contributed by atoms with E-state index in [0.29, 0.717) is 10.7 Å². The number of carbonyl (C=O) groups excluding carboxylic acids is 1. The van der Waals surface area contributed by atoms with Crippen molar-refractivity contribution in [2.75, 3.05) is 18.9 Å². The lowest BCUT2D eigenvalue weighted by Gasteiger charge is -2.20. The molecule has 1 unspecified atom stereocenters. The number of nitrogens with zero attached hydrogens (tertiary/aromatic N) is 1. The summed E-state index contributed by atoms with van der Waals surface area (Å²) < 4.78 is 0.818. The highest BCUT2D eigenvalue weighted by molar-refractivity contribution is 14.1. The summed E-state index contributed by atoms with van der Waals surface area (Å²) in [6.07, 6.45) is 0. The van der Waals surface area contributed by atoms with E-state index in [-0.39, 0.29) is 12.6 Å². The Balaban J connectivity index is 2.66. The Morgan fingerprint density at radius 1 is 1.53 bits per heavy atom. The molecule has 0 aliphatic rings. The van der Waals surface area contributed by atoms with E-state index >= 15 is 0 Å². The zero-order valence-corrected chi connectivity index (χ0v) is 13.4. The fourth-order valence-corrected chi connectivity index (χ4v) is 2.38. The van der Waals surface area contributed by atoms with Gasteiger partial charge in [-0.15, -0.1) is 0 Å². The van der Waals surface area contributed by atoms with Crippen molar-refractivity contribution in [3.63, 3.8) is 0 Å². The van der Waals surface area contributed by atoms with Crippen molar-refractivity contribution in [1.82, 2.24) is 4.90 Å². The first-order valence-electron chi connectivity index (χ1n) is 5.51. The standard InChI is InChI=1S/C12H14ClIN2O3/c1-7(11(17)18)6-16(2)12(19)15-10-4-3-8(13)5-9(10)14/h3-5,7H,6H2,1-2H3,(H,15,19)(H,17,18). The molecule has 7 heteroatoms. The first-order chi connectivity index (χ1) is 8.81. The van der Waals surface area contributed by atoms with Gasteiger partial charge in [0.2, 0.25) is 0 Å². The lowest BCUT2D eigenvalue weighted by Crippen LogP contribution is -2.36. The van der Waals surface area contributed by atoms with Gasteiger partial charge in [-0.2, -0.15) is 0 Å². The van der Waals surface area contributed by atoms with E-state index in [1.165, 1.54) is 4.90 Å². The van der Waals surface area contributed by atoms with Gasteiger partial charge in [0.1, 0.15) is 0 Å². The molecule has 0 radical (unpaired) electrons. The van der Waals surface area contributed by atoms with E-state index in [1.54, 1.807) is 32.2 Å². The molecule has 0 saturated heterocycles. The third-order valence-electron chi connectivity index (χ3n) is 2.49. The van der Waals surface area contributed by atoms with Crippen LogP contribution in [0.25, 0.3) is 0 Å². The average molecular weight is 397 g/mol. The highest BCUT2D eigenvalue weighted by Crippen LogP contribution is 2.22. The van der Waals surface area contributed by atoms with Crippen LogP contribution in [0.3, 0.4) is 0 Å². The Morgan fingerprint density at radius 2 is 2.16 bits per heavy atom. The third kappa shape index (κ3) is 4.87. The van der Waals surface area contributed by atoms with Crippen LogP contribution in [0, 0.1) is 9.49 Å². The van der Waals surface area contributed by atoms with Crippen molar-refractivity contribution < 1.29 is 14.7 Å². The van der Waals surface area contributed by atoms with Crippen LogP contribution in [0.1, 0.15) is 6.92 Å². The largest absolute Gasteiger partial charge is 0.481 e. The molecule has 0 heterocycles. The van der Waals surface area contributed by atoms with Crippen LogP contribution in [-0.2, 0) is 4.79 Å². The van der Waals surface area contributed by atoms with Crippen LogP contribution in [0.5, 0.6) is 0 Å². The van der Waals surface area contributed by atoms with E-state index in [9.17, 15) is 9.59 Å². The predicted molar refractivity (Wildman–Crippen MR) is 82.6 cm³/mol. The molecule has 0 fully saturated rings. The first kappa shape index (κ1) is 16.0. The van der Waals surface area contributed by atoms with Gasteiger partial charge in [0.15, 0.2) is 0 Å². The predicted octanol–water partition coefficient (Wildman–Crippen LogP) is 3.13. The molecule has 2 amide bonds. The van der Waals surface area contributed by atoms with Crippen molar-refractivity contribution in [2.45, 2.75) is 6.92 Å². The molecule has 1 aromatic carbocycles. The number of halogens is 2. The maximum Gasteiger partial charge on any atom is 0.321 e. The summed E-state index contributed by atoms with van der Waals surface area (Å²) in [5, 5.41) is 12.1. The van der Waals surface area contributed by atoms with Crippen molar-refractivity contribution in [1.29, 1.82) is 0 Å². The second kappa shape index (κ2) is 6.95. The van der Waals surface area contributed by atoms with Gasteiger partial charge in [0.05, 0.1) is 11.6 Å². The Kier molecular flexibility index (Phi) is 5.86. The summed E-state index contributed by atoms with van der Waals surface area (Å²) in [6.45, 7) is 1.70. The van der Waals surface area contributed by atoms with Gasteiger partial charge in [0, 0.05) is 22.2 Å². The van der Waals surface area contributed by atoms with Crippen LogP contribution in [-0.4, -0.2) is 35.6 Å². The lowest BCUT2D eigenvalue weighted by atomic mass is 10.2. The molecule has 1 atom stereocenters. The molecular formula is C12H14ClIN2O3. The fourth-order valence-electron chi connectivity index (χ4n) is 1.37. The SMILES string of the molecule is CC(CN(C)C(=O)Nc1ccc(Cl)cc1I)C(=O)O. The molecule has 19 heavy (non-hydrogen) atoms. The van der Waals surface area contributed by atoms with E-state index < -0.39 is 11.9 Å². The molecule has 5 nitrogen and oxygen atoms in total. The third-order valence-corrected chi connectivity index (χ3v) is 3.62. The molecule has 0 aromatic heterocycles. The summed E-state index contributed by atoms with van der Waals surface area (Å²) >= 11 is 7.89. The van der Waals surface area contributed by atoms with Gasteiger partial charge in [-0.1, -0.05) is 18.5 Å². The van der Waals surface area contributed by atoms with Gasteiger partial charge in [0.25, 0.3) is 0 Å². The van der Waals surface area contributed by atoms with Gasteiger partial charge in [-0.25, -0.2) is 4.79 Å². The number of amides is 2. The molecule has 104 valence electrons. The minimum atomic E-state index is -0.930. The van der Waals surface area contributed by atoms with Crippen molar-refractivity contribution >= 4 is 51.9 Å². The number of hydrogen-bond donors (Lipinski definition) is 2. The maximum absolute atomic E-state index is 11.9. The van der Waals surface area contributed by atoms with Crippen LogP contribution >= 0.6 is 34.2 Å². The summed E-state index contributed by atoms with van der Waals surface area (Å²) in [5.74, 6) is -1.54. The number of aliphatic carboxylic acids is 1. The number of carbonyl (C=O) groups is 2. The summed E-state index contributed by atoms with van der Waals surface area (Å²) in [6, 6.07) is 4.76.